The molecule has 1 fully saturated rings. The van der Waals surface area contributed by atoms with E-state index in [-0.39, 0.29) is 11.9 Å². The quantitative estimate of drug-likeness (QED) is 0.809. The molecule has 1 aromatic heterocycles. The maximum Gasteiger partial charge on any atom is 0.287 e. The van der Waals surface area contributed by atoms with Gasteiger partial charge < -0.3 is 19.8 Å². The summed E-state index contributed by atoms with van der Waals surface area (Å²) in [6.07, 6.45) is 2.09. The van der Waals surface area contributed by atoms with Gasteiger partial charge in [0.1, 0.15) is 18.1 Å². The lowest BCUT2D eigenvalue weighted by molar-refractivity contribution is 0.0857. The molecule has 1 heterocycles. The van der Waals surface area contributed by atoms with Crippen LogP contribution in [0.3, 0.4) is 0 Å². The van der Waals surface area contributed by atoms with Crippen molar-refractivity contribution < 1.29 is 13.9 Å². The molecule has 1 aromatic carbocycles. The third kappa shape index (κ3) is 4.42. The van der Waals surface area contributed by atoms with Crippen molar-refractivity contribution >= 4 is 5.91 Å². The molecule has 1 saturated carbocycles. The van der Waals surface area contributed by atoms with E-state index in [1.165, 1.54) is 0 Å². The fraction of sp³-hybridized carbons (Fsp3) is 0.450. The first-order valence-corrected chi connectivity index (χ1v) is 8.87. The first kappa shape index (κ1) is 17.5. The summed E-state index contributed by atoms with van der Waals surface area (Å²) in [4.78, 5) is 12.5. The Morgan fingerprint density at radius 3 is 2.60 bits per heavy atom. The first-order valence-electron chi connectivity index (χ1n) is 8.87. The van der Waals surface area contributed by atoms with Gasteiger partial charge in [-0.05, 0) is 38.0 Å². The molecule has 0 saturated heterocycles. The van der Waals surface area contributed by atoms with Crippen molar-refractivity contribution in [2.75, 3.05) is 0 Å². The monoisotopic (exact) mass is 342 g/mol. The summed E-state index contributed by atoms with van der Waals surface area (Å²) in [6.45, 7) is 6.42. The molecule has 1 aliphatic carbocycles. The average molecular weight is 342 g/mol. The second-order valence-electron chi connectivity index (χ2n) is 6.91. The van der Waals surface area contributed by atoms with E-state index in [9.17, 15) is 4.79 Å². The Hall–Kier alpha value is -2.27. The Kier molecular flexibility index (Phi) is 5.43. The molecule has 0 unspecified atom stereocenters. The number of furan rings is 1. The van der Waals surface area contributed by atoms with Gasteiger partial charge in [0.05, 0.1) is 0 Å². The predicted octanol–water partition coefficient (Wildman–Crippen LogP) is 3.43. The van der Waals surface area contributed by atoms with E-state index in [4.69, 9.17) is 9.15 Å². The van der Waals surface area contributed by atoms with Crippen LogP contribution in [-0.4, -0.2) is 24.0 Å². The van der Waals surface area contributed by atoms with E-state index in [0.29, 0.717) is 30.2 Å². The van der Waals surface area contributed by atoms with E-state index in [1.807, 2.05) is 43.3 Å². The molecular weight excluding hydrogens is 316 g/mol. The summed E-state index contributed by atoms with van der Waals surface area (Å²) in [5.74, 6) is 1.65. The minimum absolute atomic E-state index is 0.149. The molecule has 1 aliphatic rings. The molecule has 2 N–H and O–H groups in total. The third-order valence-electron chi connectivity index (χ3n) is 4.44. The van der Waals surface area contributed by atoms with Crippen LogP contribution in [0.15, 0.2) is 40.8 Å². The highest BCUT2D eigenvalue weighted by Gasteiger charge is 2.33. The summed E-state index contributed by atoms with van der Waals surface area (Å²) in [5.41, 5.74) is 0.830. The molecular formula is C20H26N2O3. The van der Waals surface area contributed by atoms with E-state index in [0.717, 1.165) is 24.2 Å². The lowest BCUT2D eigenvalue weighted by Crippen LogP contribution is -2.58. The normalized spacial score (nSPS) is 19.5. The van der Waals surface area contributed by atoms with Gasteiger partial charge in [-0.15, -0.1) is 0 Å². The molecule has 0 spiro atoms. The smallest absolute Gasteiger partial charge is 0.287 e. The number of carbonyl (C=O) groups excluding carboxylic acids is 1. The Morgan fingerprint density at radius 1 is 1.24 bits per heavy atom. The zero-order chi connectivity index (χ0) is 17.8. The largest absolute Gasteiger partial charge is 0.486 e. The number of nitrogens with one attached hydrogen (secondary N) is 2. The van der Waals surface area contributed by atoms with E-state index >= 15 is 0 Å². The van der Waals surface area contributed by atoms with Gasteiger partial charge in [0.25, 0.3) is 5.91 Å². The summed E-state index contributed by atoms with van der Waals surface area (Å²) in [7, 11) is 0. The Balaban J connectivity index is 1.57. The van der Waals surface area contributed by atoms with Crippen LogP contribution in [0.4, 0.5) is 0 Å². The SMILES string of the molecule is Cc1cc(COc2ccccc2)oc1C(=O)N[C@@H]1CC[C@@H]1NC(C)C. The standard InChI is InChI=1S/C20H26N2O3/c1-13(2)21-17-9-10-18(17)22-20(23)19-14(3)11-16(25-19)12-24-15-7-5-4-6-8-15/h4-8,11,13,17-18,21H,9-10,12H2,1-3H3,(H,22,23)/t17-,18+/m0/s1. The number of aryl methyl sites for hydroxylation is 1. The predicted molar refractivity (Wildman–Crippen MR) is 96.8 cm³/mol. The van der Waals surface area contributed by atoms with E-state index in [2.05, 4.69) is 24.5 Å². The molecule has 0 radical (unpaired) electrons. The average Bonchev–Trinajstić information content (AvgIpc) is 2.96. The molecule has 0 aliphatic heterocycles. The Bertz CT molecular complexity index is 709. The molecule has 5 nitrogen and oxygen atoms in total. The number of hydrogen-bond donors (Lipinski definition) is 2. The molecule has 2 aromatic rings. The molecule has 0 bridgehead atoms. The van der Waals surface area contributed by atoms with E-state index in [1.54, 1.807) is 0 Å². The second kappa shape index (κ2) is 7.74. The van der Waals surface area contributed by atoms with Crippen molar-refractivity contribution in [2.45, 2.75) is 58.3 Å². The van der Waals surface area contributed by atoms with Crippen molar-refractivity contribution in [1.82, 2.24) is 10.6 Å². The molecule has 3 rings (SSSR count). The van der Waals surface area contributed by atoms with Gasteiger partial charge in [-0.2, -0.15) is 0 Å². The van der Waals surface area contributed by atoms with Gasteiger partial charge in [-0.3, -0.25) is 4.79 Å². The molecule has 2 atom stereocenters. The second-order valence-corrected chi connectivity index (χ2v) is 6.91. The first-order chi connectivity index (χ1) is 12.0. The highest BCUT2D eigenvalue weighted by molar-refractivity contribution is 5.93. The maximum atomic E-state index is 12.5. The van der Waals surface area contributed by atoms with Gasteiger partial charge >= 0.3 is 0 Å². The minimum atomic E-state index is -0.149. The van der Waals surface area contributed by atoms with Crippen LogP contribution in [0.5, 0.6) is 5.75 Å². The Morgan fingerprint density at radius 2 is 1.96 bits per heavy atom. The van der Waals surface area contributed by atoms with E-state index < -0.39 is 0 Å². The number of rotatable bonds is 7. The Labute approximate surface area is 148 Å². The fourth-order valence-corrected chi connectivity index (χ4v) is 3.05. The molecule has 25 heavy (non-hydrogen) atoms. The number of ether oxygens (including phenoxy) is 1. The van der Waals surface area contributed by atoms with Crippen LogP contribution in [-0.2, 0) is 6.61 Å². The van der Waals surface area contributed by atoms with Gasteiger partial charge in [-0.1, -0.05) is 32.0 Å². The van der Waals surface area contributed by atoms with Crippen molar-refractivity contribution in [3.8, 4) is 5.75 Å². The highest BCUT2D eigenvalue weighted by Crippen LogP contribution is 2.22. The summed E-state index contributed by atoms with van der Waals surface area (Å²) in [6, 6.07) is 12.4. The molecule has 134 valence electrons. The van der Waals surface area contributed by atoms with Crippen molar-refractivity contribution in [3.63, 3.8) is 0 Å². The van der Waals surface area contributed by atoms with Crippen molar-refractivity contribution in [2.24, 2.45) is 0 Å². The van der Waals surface area contributed by atoms with Gasteiger partial charge in [-0.25, -0.2) is 0 Å². The number of benzene rings is 1. The summed E-state index contributed by atoms with van der Waals surface area (Å²) < 4.78 is 11.4. The lowest BCUT2D eigenvalue weighted by Gasteiger charge is -2.38. The van der Waals surface area contributed by atoms with Crippen LogP contribution < -0.4 is 15.4 Å². The van der Waals surface area contributed by atoms with Gasteiger partial charge in [0.2, 0.25) is 0 Å². The van der Waals surface area contributed by atoms with Crippen LogP contribution in [0.25, 0.3) is 0 Å². The van der Waals surface area contributed by atoms with Crippen LogP contribution in [0.1, 0.15) is 48.6 Å². The van der Waals surface area contributed by atoms with Gasteiger partial charge in [0.15, 0.2) is 5.76 Å². The maximum absolute atomic E-state index is 12.5. The van der Waals surface area contributed by atoms with Crippen LogP contribution >= 0.6 is 0 Å². The third-order valence-corrected chi connectivity index (χ3v) is 4.44. The number of carbonyl (C=O) groups is 1. The van der Waals surface area contributed by atoms with Crippen LogP contribution in [0, 0.1) is 6.92 Å². The van der Waals surface area contributed by atoms with Crippen LogP contribution in [0.2, 0.25) is 0 Å². The number of amides is 1. The fourth-order valence-electron chi connectivity index (χ4n) is 3.05. The summed E-state index contributed by atoms with van der Waals surface area (Å²) >= 11 is 0. The van der Waals surface area contributed by atoms with Crippen molar-refractivity contribution in [3.05, 3.63) is 53.5 Å². The number of hydrogen-bond acceptors (Lipinski definition) is 4. The number of para-hydroxylation sites is 1. The topological polar surface area (TPSA) is 63.5 Å². The van der Waals surface area contributed by atoms with Gasteiger partial charge in [0, 0.05) is 23.7 Å². The highest BCUT2D eigenvalue weighted by atomic mass is 16.5. The zero-order valence-corrected chi connectivity index (χ0v) is 15.0. The minimum Gasteiger partial charge on any atom is -0.486 e. The zero-order valence-electron chi connectivity index (χ0n) is 15.0. The molecule has 1 amide bonds. The molecule has 5 heteroatoms. The lowest BCUT2D eigenvalue weighted by atomic mass is 9.85. The summed E-state index contributed by atoms with van der Waals surface area (Å²) in [5, 5.41) is 6.56. The van der Waals surface area contributed by atoms with Crippen molar-refractivity contribution in [1.29, 1.82) is 0 Å².